The van der Waals surface area contributed by atoms with Crippen LogP contribution in [-0.2, 0) is 9.59 Å². The van der Waals surface area contributed by atoms with E-state index in [-0.39, 0.29) is 12.8 Å². The Kier molecular flexibility index (Phi) is 4.68. The van der Waals surface area contributed by atoms with Gasteiger partial charge in [-0.25, -0.2) is 4.68 Å². The van der Waals surface area contributed by atoms with Gasteiger partial charge in [-0.3, -0.25) is 9.59 Å². The van der Waals surface area contributed by atoms with Crippen LogP contribution in [0.3, 0.4) is 0 Å². The second-order valence-electron chi connectivity index (χ2n) is 4.53. The van der Waals surface area contributed by atoms with E-state index in [4.69, 9.17) is 10.8 Å². The van der Waals surface area contributed by atoms with Gasteiger partial charge in [0.2, 0.25) is 5.91 Å². The Morgan fingerprint density at radius 2 is 2.05 bits per heavy atom. The second-order valence-corrected chi connectivity index (χ2v) is 4.53. The first-order valence-electron chi connectivity index (χ1n) is 6.44. The predicted octanol–water partition coefficient (Wildman–Crippen LogP) is 1.00. The molecule has 0 aliphatic heterocycles. The number of hydrogen-bond donors (Lipinski definition) is 3. The fourth-order valence-corrected chi connectivity index (χ4v) is 1.76. The Morgan fingerprint density at radius 1 is 1.33 bits per heavy atom. The standard InChI is InChI=1S/C14H16N4O3/c15-12(6-7-13(19)20)14(21)17-10-2-4-11(5-3-10)18-9-1-8-16-18/h1-5,8-9,12H,6-7,15H2,(H,17,21)(H,19,20). The minimum atomic E-state index is -0.971. The van der Waals surface area contributed by atoms with Crippen molar-refractivity contribution in [3.8, 4) is 5.69 Å². The molecule has 7 heteroatoms. The van der Waals surface area contributed by atoms with E-state index in [0.29, 0.717) is 5.69 Å². The molecule has 1 unspecified atom stereocenters. The van der Waals surface area contributed by atoms with Gasteiger partial charge in [-0.15, -0.1) is 0 Å². The molecule has 2 aromatic rings. The normalized spacial score (nSPS) is 11.9. The number of aliphatic carboxylic acids is 1. The molecule has 1 aromatic carbocycles. The Labute approximate surface area is 121 Å². The maximum Gasteiger partial charge on any atom is 0.303 e. The molecule has 0 aliphatic carbocycles. The fourth-order valence-electron chi connectivity index (χ4n) is 1.76. The smallest absolute Gasteiger partial charge is 0.303 e. The number of nitrogens with two attached hydrogens (primary N) is 1. The Hall–Kier alpha value is -2.67. The summed E-state index contributed by atoms with van der Waals surface area (Å²) in [6.45, 7) is 0. The molecule has 110 valence electrons. The summed E-state index contributed by atoms with van der Waals surface area (Å²) in [7, 11) is 0. The van der Waals surface area contributed by atoms with Gasteiger partial charge in [0, 0.05) is 24.5 Å². The highest BCUT2D eigenvalue weighted by molar-refractivity contribution is 5.94. The molecule has 0 saturated carbocycles. The number of carboxylic acid groups (broad SMARTS) is 1. The van der Waals surface area contributed by atoms with Crippen molar-refractivity contribution in [2.24, 2.45) is 5.73 Å². The third-order valence-electron chi connectivity index (χ3n) is 2.91. The van der Waals surface area contributed by atoms with Crippen molar-refractivity contribution in [1.82, 2.24) is 9.78 Å². The molecule has 1 amide bonds. The largest absolute Gasteiger partial charge is 0.481 e. The molecular formula is C14H16N4O3. The van der Waals surface area contributed by atoms with Gasteiger partial charge in [0.25, 0.3) is 0 Å². The van der Waals surface area contributed by atoms with E-state index in [0.717, 1.165) is 5.69 Å². The summed E-state index contributed by atoms with van der Waals surface area (Å²) in [6.07, 6.45) is 3.46. The average Bonchev–Trinajstić information content (AvgIpc) is 2.99. The number of carbonyl (C=O) groups is 2. The summed E-state index contributed by atoms with van der Waals surface area (Å²) in [6, 6.07) is 8.07. The molecule has 4 N–H and O–H groups in total. The van der Waals surface area contributed by atoms with Crippen LogP contribution in [0.2, 0.25) is 0 Å². The summed E-state index contributed by atoms with van der Waals surface area (Å²) in [5.41, 5.74) is 7.10. The summed E-state index contributed by atoms with van der Waals surface area (Å²) in [5, 5.41) is 15.3. The average molecular weight is 288 g/mol. The molecule has 0 fully saturated rings. The molecule has 0 spiro atoms. The Bertz CT molecular complexity index is 608. The van der Waals surface area contributed by atoms with Gasteiger partial charge in [0.15, 0.2) is 0 Å². The zero-order valence-corrected chi connectivity index (χ0v) is 11.3. The number of carbonyl (C=O) groups excluding carboxylic acids is 1. The lowest BCUT2D eigenvalue weighted by atomic mass is 10.1. The first-order valence-corrected chi connectivity index (χ1v) is 6.44. The van der Waals surface area contributed by atoms with Gasteiger partial charge in [-0.05, 0) is 36.8 Å². The van der Waals surface area contributed by atoms with Gasteiger partial charge in [-0.1, -0.05) is 0 Å². The quantitative estimate of drug-likeness (QED) is 0.734. The van der Waals surface area contributed by atoms with Crippen molar-refractivity contribution in [2.75, 3.05) is 5.32 Å². The van der Waals surface area contributed by atoms with Crippen LogP contribution in [0, 0.1) is 0 Å². The Balaban J connectivity index is 1.94. The SMILES string of the molecule is NC(CCC(=O)O)C(=O)Nc1ccc(-n2cccn2)cc1. The number of nitrogens with zero attached hydrogens (tertiary/aromatic N) is 2. The number of amides is 1. The number of carboxylic acids is 1. The van der Waals surface area contributed by atoms with Crippen molar-refractivity contribution in [1.29, 1.82) is 0 Å². The van der Waals surface area contributed by atoms with Crippen LogP contribution in [0.4, 0.5) is 5.69 Å². The number of aromatic nitrogens is 2. The highest BCUT2D eigenvalue weighted by Gasteiger charge is 2.14. The zero-order valence-electron chi connectivity index (χ0n) is 11.3. The van der Waals surface area contributed by atoms with Gasteiger partial charge < -0.3 is 16.2 Å². The van der Waals surface area contributed by atoms with Crippen LogP contribution in [0.5, 0.6) is 0 Å². The highest BCUT2D eigenvalue weighted by atomic mass is 16.4. The summed E-state index contributed by atoms with van der Waals surface area (Å²) in [5.74, 6) is -1.37. The summed E-state index contributed by atoms with van der Waals surface area (Å²) in [4.78, 5) is 22.2. The fraction of sp³-hybridized carbons (Fsp3) is 0.214. The second kappa shape index (κ2) is 6.67. The monoisotopic (exact) mass is 288 g/mol. The third-order valence-corrected chi connectivity index (χ3v) is 2.91. The van der Waals surface area contributed by atoms with Crippen molar-refractivity contribution in [3.63, 3.8) is 0 Å². The molecule has 1 heterocycles. The number of rotatable bonds is 6. The number of hydrogen-bond acceptors (Lipinski definition) is 4. The minimum absolute atomic E-state index is 0.104. The predicted molar refractivity (Wildman–Crippen MR) is 77.0 cm³/mol. The van der Waals surface area contributed by atoms with Crippen LogP contribution >= 0.6 is 0 Å². The first kappa shape index (κ1) is 14.7. The molecule has 0 bridgehead atoms. The van der Waals surface area contributed by atoms with Crippen molar-refractivity contribution in [2.45, 2.75) is 18.9 Å². The topological polar surface area (TPSA) is 110 Å². The van der Waals surface area contributed by atoms with Gasteiger partial charge >= 0.3 is 5.97 Å². The summed E-state index contributed by atoms with van der Waals surface area (Å²) >= 11 is 0. The van der Waals surface area contributed by atoms with Crippen LogP contribution in [0.1, 0.15) is 12.8 Å². The van der Waals surface area contributed by atoms with E-state index in [1.165, 1.54) is 0 Å². The third kappa shape index (κ3) is 4.15. The van der Waals surface area contributed by atoms with Crippen LogP contribution in [-0.4, -0.2) is 32.8 Å². The molecule has 0 radical (unpaired) electrons. The van der Waals surface area contributed by atoms with E-state index >= 15 is 0 Å². The number of nitrogens with one attached hydrogen (secondary N) is 1. The molecular weight excluding hydrogens is 272 g/mol. The van der Waals surface area contributed by atoms with Crippen molar-refractivity contribution < 1.29 is 14.7 Å². The lowest BCUT2D eigenvalue weighted by Crippen LogP contribution is -2.36. The molecule has 2 rings (SSSR count). The summed E-state index contributed by atoms with van der Waals surface area (Å²) < 4.78 is 1.70. The number of anilines is 1. The Morgan fingerprint density at radius 3 is 2.62 bits per heavy atom. The molecule has 21 heavy (non-hydrogen) atoms. The van der Waals surface area contributed by atoms with Gasteiger partial charge in [0.1, 0.15) is 0 Å². The lowest BCUT2D eigenvalue weighted by molar-refractivity contribution is -0.137. The maximum absolute atomic E-state index is 11.8. The van der Waals surface area contributed by atoms with E-state index in [1.807, 2.05) is 24.4 Å². The van der Waals surface area contributed by atoms with Gasteiger partial charge in [-0.2, -0.15) is 5.10 Å². The molecule has 1 aromatic heterocycles. The molecule has 1 atom stereocenters. The van der Waals surface area contributed by atoms with E-state index in [9.17, 15) is 9.59 Å². The zero-order chi connectivity index (χ0) is 15.2. The maximum atomic E-state index is 11.8. The van der Waals surface area contributed by atoms with Gasteiger partial charge in [0.05, 0.1) is 11.7 Å². The van der Waals surface area contributed by atoms with E-state index < -0.39 is 17.9 Å². The van der Waals surface area contributed by atoms with Crippen molar-refractivity contribution >= 4 is 17.6 Å². The minimum Gasteiger partial charge on any atom is -0.481 e. The highest BCUT2D eigenvalue weighted by Crippen LogP contribution is 2.13. The first-order chi connectivity index (χ1) is 10.1. The van der Waals surface area contributed by atoms with Crippen LogP contribution < -0.4 is 11.1 Å². The van der Waals surface area contributed by atoms with E-state index in [1.54, 1.807) is 23.0 Å². The van der Waals surface area contributed by atoms with Crippen LogP contribution in [0.15, 0.2) is 42.7 Å². The number of benzene rings is 1. The van der Waals surface area contributed by atoms with Crippen LogP contribution in [0.25, 0.3) is 5.69 Å². The van der Waals surface area contributed by atoms with Crippen molar-refractivity contribution in [3.05, 3.63) is 42.7 Å². The molecule has 0 aliphatic rings. The molecule has 0 saturated heterocycles. The lowest BCUT2D eigenvalue weighted by Gasteiger charge is -2.11. The van der Waals surface area contributed by atoms with E-state index in [2.05, 4.69) is 10.4 Å². The molecule has 7 nitrogen and oxygen atoms in total.